The van der Waals surface area contributed by atoms with Crippen LogP contribution in [0, 0.1) is 11.3 Å². The summed E-state index contributed by atoms with van der Waals surface area (Å²) in [6.45, 7) is 0. The Bertz CT molecular complexity index is 162. The predicted octanol–water partition coefficient (Wildman–Crippen LogP) is 0.732. The van der Waals surface area contributed by atoms with Crippen LogP contribution in [0.25, 0.3) is 0 Å². The summed E-state index contributed by atoms with van der Waals surface area (Å²) in [4.78, 5) is 8.64. The van der Waals surface area contributed by atoms with Crippen LogP contribution in [-0.4, -0.2) is 18.2 Å². The molecule has 0 rings (SSSR count). The summed E-state index contributed by atoms with van der Waals surface area (Å²) >= 11 is 0. The quantitative estimate of drug-likeness (QED) is 0.600. The van der Waals surface area contributed by atoms with Crippen molar-refractivity contribution in [2.24, 2.45) is 0 Å². The van der Waals surface area contributed by atoms with Gasteiger partial charge in [0.15, 0.2) is 0 Å². The van der Waals surface area contributed by atoms with Crippen LogP contribution in [0.4, 0.5) is 0 Å². The van der Waals surface area contributed by atoms with E-state index in [2.05, 4.69) is 4.52 Å². The van der Waals surface area contributed by atoms with Crippen LogP contribution >= 0.6 is 7.60 Å². The minimum absolute atomic E-state index is 0.0572. The fraction of sp³-hybridized carbons (Fsp3) is 0.750. The topological polar surface area (TPSA) is 70.3 Å². The molecule has 0 aromatic carbocycles. The summed E-state index contributed by atoms with van der Waals surface area (Å²) in [6, 6.07) is 1.75. The third kappa shape index (κ3) is 4.16. The zero-order valence-electron chi connectivity index (χ0n) is 5.07. The first-order valence-electron chi connectivity index (χ1n) is 2.37. The molecule has 0 bridgehead atoms. The van der Waals surface area contributed by atoms with Crippen molar-refractivity contribution in [2.45, 2.75) is 6.42 Å². The summed E-state index contributed by atoms with van der Waals surface area (Å²) in [5.41, 5.74) is 0. The molecule has 9 heavy (non-hydrogen) atoms. The maximum absolute atomic E-state index is 10.5. The Kier molecular flexibility index (Phi) is 3.48. The number of nitrogens with zero attached hydrogens (tertiary/aromatic N) is 1. The van der Waals surface area contributed by atoms with E-state index in [0.29, 0.717) is 0 Å². The van der Waals surface area contributed by atoms with Gasteiger partial charge < -0.3 is 9.42 Å². The van der Waals surface area contributed by atoms with E-state index in [1.807, 2.05) is 0 Å². The van der Waals surface area contributed by atoms with Crippen molar-refractivity contribution < 1.29 is 14.0 Å². The van der Waals surface area contributed by atoms with E-state index < -0.39 is 7.60 Å². The number of hydrogen-bond donors (Lipinski definition) is 1. The second-order valence-electron chi connectivity index (χ2n) is 1.45. The third-order valence-electron chi connectivity index (χ3n) is 0.791. The highest BCUT2D eigenvalue weighted by atomic mass is 31.2. The molecule has 1 unspecified atom stereocenters. The molecule has 0 saturated carbocycles. The molecule has 0 heterocycles. The Labute approximate surface area is 53.6 Å². The summed E-state index contributed by atoms with van der Waals surface area (Å²) in [5, 5.41) is 7.99. The van der Waals surface area contributed by atoms with Crippen LogP contribution in [-0.2, 0) is 9.09 Å². The molecule has 0 aliphatic carbocycles. The average molecular weight is 149 g/mol. The minimum atomic E-state index is -3.41. The molecule has 0 aromatic heterocycles. The zero-order chi connectivity index (χ0) is 7.33. The minimum Gasteiger partial charge on any atom is -0.324 e. The second kappa shape index (κ2) is 3.62. The van der Waals surface area contributed by atoms with Gasteiger partial charge in [0.1, 0.15) is 0 Å². The lowest BCUT2D eigenvalue weighted by Gasteiger charge is -2.03. The van der Waals surface area contributed by atoms with Gasteiger partial charge in [0.25, 0.3) is 0 Å². The van der Waals surface area contributed by atoms with Gasteiger partial charge in [0, 0.05) is 13.5 Å². The van der Waals surface area contributed by atoms with Crippen LogP contribution in [0.3, 0.4) is 0 Å². The molecule has 0 saturated heterocycles. The van der Waals surface area contributed by atoms with Crippen molar-refractivity contribution in [1.82, 2.24) is 0 Å². The summed E-state index contributed by atoms with van der Waals surface area (Å²) in [6.07, 6.45) is -0.0262. The van der Waals surface area contributed by atoms with Crippen molar-refractivity contribution in [3.8, 4) is 6.07 Å². The first-order valence-corrected chi connectivity index (χ1v) is 4.13. The van der Waals surface area contributed by atoms with Gasteiger partial charge in [-0.2, -0.15) is 5.26 Å². The molecule has 0 radical (unpaired) electrons. The normalized spacial score (nSPS) is 16.1. The van der Waals surface area contributed by atoms with Crippen molar-refractivity contribution in [3.05, 3.63) is 0 Å². The lowest BCUT2D eigenvalue weighted by atomic mass is 10.6. The van der Waals surface area contributed by atoms with Gasteiger partial charge in [-0.05, 0) is 0 Å². The lowest BCUT2D eigenvalue weighted by molar-refractivity contribution is 0.316. The molecule has 52 valence electrons. The molecular formula is C4H8NO3P. The Morgan fingerprint density at radius 1 is 1.89 bits per heavy atom. The summed E-state index contributed by atoms with van der Waals surface area (Å²) < 4.78 is 14.7. The SMILES string of the molecule is COP(=O)(O)CCC#N. The Morgan fingerprint density at radius 3 is 2.78 bits per heavy atom. The van der Waals surface area contributed by atoms with Gasteiger partial charge in [-0.15, -0.1) is 0 Å². The molecule has 0 aliphatic heterocycles. The van der Waals surface area contributed by atoms with Crippen molar-refractivity contribution in [3.63, 3.8) is 0 Å². The first kappa shape index (κ1) is 8.64. The van der Waals surface area contributed by atoms with E-state index in [-0.39, 0.29) is 12.6 Å². The van der Waals surface area contributed by atoms with Crippen LogP contribution < -0.4 is 0 Å². The predicted molar refractivity (Wildman–Crippen MR) is 31.9 cm³/mol. The van der Waals surface area contributed by atoms with E-state index in [4.69, 9.17) is 10.2 Å². The molecule has 0 spiro atoms. The van der Waals surface area contributed by atoms with Crippen LogP contribution in [0.1, 0.15) is 6.42 Å². The van der Waals surface area contributed by atoms with Gasteiger partial charge in [0.2, 0.25) is 0 Å². The van der Waals surface area contributed by atoms with Crippen LogP contribution in [0.2, 0.25) is 0 Å². The maximum atomic E-state index is 10.5. The van der Waals surface area contributed by atoms with Crippen LogP contribution in [0.15, 0.2) is 0 Å². The van der Waals surface area contributed by atoms with Gasteiger partial charge in [-0.3, -0.25) is 4.57 Å². The Morgan fingerprint density at radius 2 is 2.44 bits per heavy atom. The molecule has 0 amide bonds. The monoisotopic (exact) mass is 149 g/mol. The molecule has 0 fully saturated rings. The fourth-order valence-corrected chi connectivity index (χ4v) is 0.848. The van der Waals surface area contributed by atoms with E-state index in [1.165, 1.54) is 0 Å². The van der Waals surface area contributed by atoms with E-state index >= 15 is 0 Å². The van der Waals surface area contributed by atoms with Crippen molar-refractivity contribution in [2.75, 3.05) is 13.3 Å². The fourth-order valence-electron chi connectivity index (χ4n) is 0.283. The van der Waals surface area contributed by atoms with Crippen LogP contribution in [0.5, 0.6) is 0 Å². The zero-order valence-corrected chi connectivity index (χ0v) is 5.97. The third-order valence-corrected chi connectivity index (χ3v) is 2.15. The lowest BCUT2D eigenvalue weighted by Crippen LogP contribution is -1.88. The number of hydrogen-bond acceptors (Lipinski definition) is 3. The largest absolute Gasteiger partial charge is 0.328 e. The molecule has 0 aliphatic rings. The van der Waals surface area contributed by atoms with Gasteiger partial charge in [-0.25, -0.2) is 0 Å². The standard InChI is InChI=1S/C4H8NO3P/c1-8-9(6,7)4-2-3-5/h2,4H2,1H3,(H,6,7). The molecule has 0 aromatic rings. The molecule has 4 nitrogen and oxygen atoms in total. The van der Waals surface area contributed by atoms with E-state index in [0.717, 1.165) is 7.11 Å². The Balaban J connectivity index is 3.63. The summed E-state index contributed by atoms with van der Waals surface area (Å²) in [5.74, 6) is 0. The summed E-state index contributed by atoms with van der Waals surface area (Å²) in [7, 11) is -2.26. The maximum Gasteiger partial charge on any atom is 0.328 e. The molecule has 5 heteroatoms. The number of nitriles is 1. The highest BCUT2D eigenvalue weighted by Gasteiger charge is 2.14. The average Bonchev–Trinajstić information content (AvgIpc) is 1.84. The first-order chi connectivity index (χ1) is 4.12. The smallest absolute Gasteiger partial charge is 0.324 e. The Hall–Kier alpha value is -0.360. The molecule has 1 N–H and O–H groups in total. The molecular weight excluding hydrogens is 141 g/mol. The van der Waals surface area contributed by atoms with Gasteiger partial charge in [-0.1, -0.05) is 0 Å². The van der Waals surface area contributed by atoms with E-state index in [1.54, 1.807) is 6.07 Å². The highest BCUT2D eigenvalue weighted by Crippen LogP contribution is 2.40. The van der Waals surface area contributed by atoms with Crippen molar-refractivity contribution in [1.29, 1.82) is 5.26 Å². The van der Waals surface area contributed by atoms with E-state index in [9.17, 15) is 4.57 Å². The van der Waals surface area contributed by atoms with Gasteiger partial charge in [0.05, 0.1) is 12.2 Å². The van der Waals surface area contributed by atoms with Gasteiger partial charge >= 0.3 is 7.60 Å². The second-order valence-corrected chi connectivity index (χ2v) is 3.54. The number of rotatable bonds is 3. The van der Waals surface area contributed by atoms with Crippen molar-refractivity contribution >= 4 is 7.60 Å². The molecule has 1 atom stereocenters. The highest BCUT2D eigenvalue weighted by molar-refractivity contribution is 7.52.